The number of halogens is 2. The fourth-order valence-corrected chi connectivity index (χ4v) is 1.89. The van der Waals surface area contributed by atoms with Crippen LogP contribution in [0.15, 0.2) is 0 Å². The molecule has 17 heavy (non-hydrogen) atoms. The molecule has 0 N–H and O–H groups in total. The zero-order valence-electron chi connectivity index (χ0n) is 10.0. The van der Waals surface area contributed by atoms with Gasteiger partial charge in [0.1, 0.15) is 0 Å². The van der Waals surface area contributed by atoms with Gasteiger partial charge in [-0.2, -0.15) is 5.10 Å². The molecule has 0 bridgehead atoms. The topological polar surface area (TPSA) is 43.6 Å². The van der Waals surface area contributed by atoms with Gasteiger partial charge in [0.05, 0.1) is 16.4 Å². The van der Waals surface area contributed by atoms with Crippen LogP contribution in [0.5, 0.6) is 0 Å². The number of aromatic nitrogens is 4. The summed E-state index contributed by atoms with van der Waals surface area (Å²) in [4.78, 5) is 0. The van der Waals surface area contributed by atoms with E-state index in [1.807, 2.05) is 27.7 Å². The summed E-state index contributed by atoms with van der Waals surface area (Å²) in [5.74, 6) is 0.666. The molecule has 2 aromatic heterocycles. The molecule has 0 saturated heterocycles. The molecule has 90 valence electrons. The largest absolute Gasteiger partial charge is 0.216 e. The average molecular weight is 271 g/mol. The molecular weight excluding hydrogens is 259 g/mol. The van der Waals surface area contributed by atoms with Gasteiger partial charge in [0.2, 0.25) is 0 Å². The minimum Gasteiger partial charge on any atom is -0.216 e. The normalized spacial score (nSPS) is 10.9. The molecule has 0 radical (unpaired) electrons. The van der Waals surface area contributed by atoms with E-state index < -0.39 is 0 Å². The van der Waals surface area contributed by atoms with Gasteiger partial charge in [-0.3, -0.25) is 0 Å². The van der Waals surface area contributed by atoms with Crippen molar-refractivity contribution in [2.75, 3.05) is 0 Å². The molecule has 0 aliphatic rings. The maximum atomic E-state index is 6.11. The summed E-state index contributed by atoms with van der Waals surface area (Å²) in [6.45, 7) is 7.60. The van der Waals surface area contributed by atoms with E-state index in [0.29, 0.717) is 16.0 Å². The second-order valence-electron chi connectivity index (χ2n) is 3.96. The second-order valence-corrected chi connectivity index (χ2v) is 4.70. The Labute approximate surface area is 110 Å². The number of aryl methyl sites for hydroxylation is 1. The van der Waals surface area contributed by atoms with E-state index in [4.69, 9.17) is 23.2 Å². The van der Waals surface area contributed by atoms with Crippen molar-refractivity contribution in [3.63, 3.8) is 0 Å². The first-order chi connectivity index (χ1) is 7.93. The molecule has 2 aromatic rings. The first kappa shape index (κ1) is 12.3. The van der Waals surface area contributed by atoms with Crippen LogP contribution in [0.25, 0.3) is 5.82 Å². The van der Waals surface area contributed by atoms with Crippen molar-refractivity contribution in [1.82, 2.24) is 20.0 Å². The quantitative estimate of drug-likeness (QED) is 0.799. The average Bonchev–Trinajstić information content (AvgIpc) is 2.54. The lowest BCUT2D eigenvalue weighted by Crippen LogP contribution is -2.07. The molecule has 2 heterocycles. The molecular formula is C11H12Cl2N4. The predicted molar refractivity (Wildman–Crippen MR) is 68.1 cm³/mol. The lowest BCUT2D eigenvalue weighted by atomic mass is 10.2. The van der Waals surface area contributed by atoms with Gasteiger partial charge >= 0.3 is 0 Å². The van der Waals surface area contributed by atoms with Crippen LogP contribution < -0.4 is 0 Å². The fraction of sp³-hybridized carbons (Fsp3) is 0.364. The molecule has 2 rings (SSSR count). The Balaban J connectivity index is 2.69. The third-order valence-electron chi connectivity index (χ3n) is 2.84. The van der Waals surface area contributed by atoms with Gasteiger partial charge in [-0.1, -0.05) is 23.2 Å². The minimum absolute atomic E-state index is 0.416. The van der Waals surface area contributed by atoms with Crippen molar-refractivity contribution in [1.29, 1.82) is 0 Å². The highest BCUT2D eigenvalue weighted by Crippen LogP contribution is 2.25. The summed E-state index contributed by atoms with van der Waals surface area (Å²) in [5.41, 5.74) is 3.48. The Hall–Kier alpha value is -1.13. The molecule has 0 aliphatic carbocycles. The Morgan fingerprint density at radius 1 is 0.941 bits per heavy atom. The third kappa shape index (κ3) is 1.91. The highest BCUT2D eigenvalue weighted by molar-refractivity contribution is 6.31. The molecule has 0 saturated carbocycles. The zero-order chi connectivity index (χ0) is 12.7. The van der Waals surface area contributed by atoms with Gasteiger partial charge in [-0.05, 0) is 33.3 Å². The molecule has 6 heteroatoms. The maximum absolute atomic E-state index is 6.11. The molecule has 0 unspecified atom stereocenters. The summed E-state index contributed by atoms with van der Waals surface area (Å²) in [5, 5.41) is 13.4. The summed E-state index contributed by atoms with van der Waals surface area (Å²) >= 11 is 12.0. The van der Waals surface area contributed by atoms with Crippen molar-refractivity contribution >= 4 is 23.2 Å². The predicted octanol–water partition coefficient (Wildman–Crippen LogP) is 3.20. The third-order valence-corrected chi connectivity index (χ3v) is 3.75. The zero-order valence-corrected chi connectivity index (χ0v) is 11.6. The van der Waals surface area contributed by atoms with E-state index in [0.717, 1.165) is 22.5 Å². The maximum Gasteiger partial charge on any atom is 0.179 e. The minimum atomic E-state index is 0.416. The Bertz CT molecular complexity index is 590. The molecule has 0 spiro atoms. The summed E-state index contributed by atoms with van der Waals surface area (Å²) < 4.78 is 1.70. The fourth-order valence-electron chi connectivity index (χ4n) is 1.59. The van der Waals surface area contributed by atoms with Crippen LogP contribution in [0.3, 0.4) is 0 Å². The molecule has 0 atom stereocenters. The van der Waals surface area contributed by atoms with Gasteiger partial charge in [0.25, 0.3) is 0 Å². The Kier molecular flexibility index (Phi) is 3.10. The number of hydrogen-bond donors (Lipinski definition) is 0. The first-order valence-corrected chi connectivity index (χ1v) is 5.90. The van der Waals surface area contributed by atoms with E-state index in [1.54, 1.807) is 4.68 Å². The molecule has 4 nitrogen and oxygen atoms in total. The van der Waals surface area contributed by atoms with Crippen LogP contribution in [0.4, 0.5) is 0 Å². The van der Waals surface area contributed by atoms with E-state index in [9.17, 15) is 0 Å². The number of hydrogen-bond acceptors (Lipinski definition) is 3. The van der Waals surface area contributed by atoms with Crippen molar-refractivity contribution in [3.8, 4) is 5.82 Å². The molecule has 0 amide bonds. The monoisotopic (exact) mass is 270 g/mol. The van der Waals surface area contributed by atoms with E-state index in [2.05, 4.69) is 15.3 Å². The van der Waals surface area contributed by atoms with E-state index in [-0.39, 0.29) is 0 Å². The molecule has 0 aliphatic heterocycles. The van der Waals surface area contributed by atoms with Crippen molar-refractivity contribution in [2.24, 2.45) is 0 Å². The molecule has 0 aromatic carbocycles. The Morgan fingerprint density at radius 3 is 2.12 bits per heavy atom. The summed E-state index contributed by atoms with van der Waals surface area (Å²) in [7, 11) is 0. The van der Waals surface area contributed by atoms with Crippen LogP contribution in [0, 0.1) is 27.7 Å². The van der Waals surface area contributed by atoms with Gasteiger partial charge < -0.3 is 0 Å². The van der Waals surface area contributed by atoms with Gasteiger partial charge in [0.15, 0.2) is 11.0 Å². The van der Waals surface area contributed by atoms with Gasteiger partial charge in [-0.15, -0.1) is 10.2 Å². The number of nitrogens with zero attached hydrogens (tertiary/aromatic N) is 4. The van der Waals surface area contributed by atoms with Crippen LogP contribution in [-0.2, 0) is 0 Å². The van der Waals surface area contributed by atoms with Crippen LogP contribution in [0.2, 0.25) is 10.2 Å². The van der Waals surface area contributed by atoms with Crippen LogP contribution in [0.1, 0.15) is 22.5 Å². The lowest BCUT2D eigenvalue weighted by molar-refractivity contribution is 0.770. The SMILES string of the molecule is Cc1nn(-c2nnc(Cl)c(C)c2C)c(C)c1Cl. The van der Waals surface area contributed by atoms with E-state index in [1.165, 1.54) is 0 Å². The van der Waals surface area contributed by atoms with Gasteiger partial charge in [-0.25, -0.2) is 4.68 Å². The smallest absolute Gasteiger partial charge is 0.179 e. The highest BCUT2D eigenvalue weighted by atomic mass is 35.5. The van der Waals surface area contributed by atoms with Crippen LogP contribution in [-0.4, -0.2) is 20.0 Å². The second kappa shape index (κ2) is 4.27. The van der Waals surface area contributed by atoms with Gasteiger partial charge in [0, 0.05) is 5.56 Å². The van der Waals surface area contributed by atoms with Crippen LogP contribution >= 0.6 is 23.2 Å². The lowest BCUT2D eigenvalue weighted by Gasteiger charge is -2.09. The van der Waals surface area contributed by atoms with Crippen molar-refractivity contribution in [2.45, 2.75) is 27.7 Å². The number of rotatable bonds is 1. The van der Waals surface area contributed by atoms with Crippen molar-refractivity contribution in [3.05, 3.63) is 32.7 Å². The first-order valence-electron chi connectivity index (χ1n) is 5.15. The Morgan fingerprint density at radius 2 is 1.59 bits per heavy atom. The molecule has 0 fully saturated rings. The highest BCUT2D eigenvalue weighted by Gasteiger charge is 2.16. The summed E-state index contributed by atoms with van der Waals surface area (Å²) in [6.07, 6.45) is 0. The standard InChI is InChI=1S/C11H12Cl2N4/c1-5-6(2)11(15-14-10(5)13)17-8(4)9(12)7(3)16-17/h1-4H3. The summed E-state index contributed by atoms with van der Waals surface area (Å²) in [6, 6.07) is 0. The van der Waals surface area contributed by atoms with E-state index >= 15 is 0 Å². The van der Waals surface area contributed by atoms with Crippen molar-refractivity contribution < 1.29 is 0 Å².